The largest absolute Gasteiger partial charge is 0.395 e. The predicted octanol–water partition coefficient (Wildman–Crippen LogP) is 0.0547. The average Bonchev–Trinajstić information content (AvgIpc) is 2.18. The molecule has 0 aromatic carbocycles. The monoisotopic (exact) mass is 271 g/mol. The molecule has 0 aliphatic heterocycles. The van der Waals surface area contributed by atoms with Crippen LogP contribution in [0.5, 0.6) is 0 Å². The number of aliphatic hydroxyl groups excluding tert-OH is 1. The van der Waals surface area contributed by atoms with Crippen LogP contribution in [0, 0.1) is 0 Å². The number of sulfonamides is 1. The zero-order valence-corrected chi connectivity index (χ0v) is 11.6. The van der Waals surface area contributed by atoms with Crippen LogP contribution in [-0.2, 0) is 14.8 Å². The molecule has 0 saturated carbocycles. The maximum atomic E-state index is 11.6. The van der Waals surface area contributed by atoms with Crippen molar-refractivity contribution in [2.45, 2.75) is 25.1 Å². The fourth-order valence-corrected chi connectivity index (χ4v) is 3.07. The van der Waals surface area contributed by atoms with Crippen LogP contribution in [0.25, 0.3) is 0 Å². The highest BCUT2D eigenvalue weighted by atomic mass is 32.2. The molecule has 0 aliphatic rings. The number of hydrogen-bond acceptors (Lipinski definition) is 5. The molecule has 0 fully saturated rings. The molecule has 0 aliphatic carbocycles. The average molecular weight is 271 g/mol. The summed E-state index contributed by atoms with van der Waals surface area (Å²) < 4.78 is 30.7. The molecule has 7 heteroatoms. The zero-order valence-electron chi connectivity index (χ0n) is 9.97. The van der Waals surface area contributed by atoms with Gasteiger partial charge < -0.3 is 9.84 Å². The third-order valence-corrected chi connectivity index (χ3v) is 4.70. The van der Waals surface area contributed by atoms with E-state index < -0.39 is 10.0 Å². The van der Waals surface area contributed by atoms with Crippen LogP contribution >= 0.6 is 11.8 Å². The Morgan fingerprint density at radius 3 is 2.56 bits per heavy atom. The van der Waals surface area contributed by atoms with Crippen molar-refractivity contribution in [3.8, 4) is 0 Å². The third-order valence-electron chi connectivity index (χ3n) is 2.11. The molecule has 98 valence electrons. The Balaban J connectivity index is 4.14. The lowest BCUT2D eigenvalue weighted by molar-refractivity contribution is 0.163. The zero-order chi connectivity index (χ0) is 12.6. The Labute approximate surface area is 102 Å². The number of hydrogen-bond donors (Lipinski definition) is 2. The van der Waals surface area contributed by atoms with Crippen molar-refractivity contribution in [3.63, 3.8) is 0 Å². The number of nitrogens with one attached hydrogen (secondary N) is 1. The topological polar surface area (TPSA) is 75.6 Å². The van der Waals surface area contributed by atoms with Gasteiger partial charge >= 0.3 is 0 Å². The molecule has 0 amide bonds. The maximum Gasteiger partial charge on any atom is 0.214 e. The lowest BCUT2D eigenvalue weighted by Gasteiger charge is -2.21. The normalized spacial score (nSPS) is 16.0. The van der Waals surface area contributed by atoms with E-state index in [-0.39, 0.29) is 30.3 Å². The van der Waals surface area contributed by atoms with Gasteiger partial charge in [0, 0.05) is 17.9 Å². The molecular formula is C9H21NO4S2. The minimum absolute atomic E-state index is 0.0439. The quantitative estimate of drug-likeness (QED) is 0.580. The van der Waals surface area contributed by atoms with Crippen LogP contribution in [-0.4, -0.2) is 56.6 Å². The number of rotatable bonds is 9. The van der Waals surface area contributed by atoms with E-state index in [0.717, 1.165) is 0 Å². The summed E-state index contributed by atoms with van der Waals surface area (Å²) in [7, 11) is -3.32. The number of aliphatic hydroxyl groups is 1. The lowest BCUT2D eigenvalue weighted by atomic mass is 10.3. The smallest absolute Gasteiger partial charge is 0.214 e. The summed E-state index contributed by atoms with van der Waals surface area (Å²) in [5, 5.41) is 8.90. The Kier molecular flexibility index (Phi) is 8.39. The molecule has 5 nitrogen and oxygen atoms in total. The van der Waals surface area contributed by atoms with Crippen molar-refractivity contribution in [2.75, 3.05) is 31.8 Å². The molecule has 0 saturated heterocycles. The van der Waals surface area contributed by atoms with Gasteiger partial charge in [0.1, 0.15) is 0 Å². The molecule has 0 radical (unpaired) electrons. The second kappa shape index (κ2) is 8.30. The molecule has 0 bridgehead atoms. The summed E-state index contributed by atoms with van der Waals surface area (Å²) >= 11 is 1.44. The van der Waals surface area contributed by atoms with Crippen molar-refractivity contribution in [1.29, 1.82) is 0 Å². The second-order valence-corrected chi connectivity index (χ2v) is 6.33. The van der Waals surface area contributed by atoms with E-state index in [1.165, 1.54) is 11.8 Å². The summed E-state index contributed by atoms with van der Waals surface area (Å²) in [6.07, 6.45) is 1.84. The van der Waals surface area contributed by atoms with Gasteiger partial charge in [-0.2, -0.15) is 11.8 Å². The van der Waals surface area contributed by atoms with E-state index in [9.17, 15) is 8.42 Å². The first-order valence-corrected chi connectivity index (χ1v) is 8.12. The Hall–Kier alpha value is 0.180. The summed E-state index contributed by atoms with van der Waals surface area (Å²) in [6, 6.07) is -0.286. The Morgan fingerprint density at radius 2 is 2.12 bits per heavy atom. The molecule has 2 N–H and O–H groups in total. The first kappa shape index (κ1) is 16.2. The van der Waals surface area contributed by atoms with Gasteiger partial charge in [0.15, 0.2) is 0 Å². The summed E-state index contributed by atoms with van der Waals surface area (Å²) in [5.41, 5.74) is 0. The number of ether oxygens (including phenoxy) is 1. The molecule has 0 spiro atoms. The lowest BCUT2D eigenvalue weighted by Crippen LogP contribution is -2.42. The fourth-order valence-electron chi connectivity index (χ4n) is 1.17. The van der Waals surface area contributed by atoms with Gasteiger partial charge in [-0.15, -0.1) is 0 Å². The molecule has 0 rings (SSSR count). The molecule has 0 aromatic rings. The minimum atomic E-state index is -3.32. The predicted molar refractivity (Wildman–Crippen MR) is 67.3 cm³/mol. The van der Waals surface area contributed by atoms with Crippen molar-refractivity contribution in [3.05, 3.63) is 0 Å². The van der Waals surface area contributed by atoms with Crippen molar-refractivity contribution in [2.24, 2.45) is 0 Å². The van der Waals surface area contributed by atoms with Gasteiger partial charge in [-0.3, -0.25) is 0 Å². The maximum absolute atomic E-state index is 11.6. The first-order valence-electron chi connectivity index (χ1n) is 5.18. The summed E-state index contributed by atoms with van der Waals surface area (Å²) in [6.45, 7) is 4.22. The molecule has 0 heterocycles. The van der Waals surface area contributed by atoms with Crippen LogP contribution < -0.4 is 4.72 Å². The van der Waals surface area contributed by atoms with Crippen LogP contribution in [0.1, 0.15) is 13.8 Å². The summed E-state index contributed by atoms with van der Waals surface area (Å²) in [5.74, 6) is -0.0439. The van der Waals surface area contributed by atoms with E-state index in [1.807, 2.05) is 13.2 Å². The standard InChI is InChI=1S/C9H21NO4S2/c1-4-14-5-6-16(12,13)10-8(2)9(7-11)15-3/h8-11H,4-7H2,1-3H3. The van der Waals surface area contributed by atoms with E-state index in [4.69, 9.17) is 9.84 Å². The van der Waals surface area contributed by atoms with Gasteiger partial charge in [-0.25, -0.2) is 13.1 Å². The van der Waals surface area contributed by atoms with Crippen molar-refractivity contribution in [1.82, 2.24) is 4.72 Å². The Bertz CT molecular complexity index is 265. The van der Waals surface area contributed by atoms with Gasteiger partial charge in [-0.05, 0) is 20.1 Å². The third kappa shape index (κ3) is 6.70. The van der Waals surface area contributed by atoms with Crippen molar-refractivity contribution >= 4 is 21.8 Å². The molecule has 2 atom stereocenters. The van der Waals surface area contributed by atoms with E-state index >= 15 is 0 Å². The van der Waals surface area contributed by atoms with E-state index in [2.05, 4.69) is 4.72 Å². The van der Waals surface area contributed by atoms with Crippen LogP contribution in [0.4, 0.5) is 0 Å². The highest BCUT2D eigenvalue weighted by Crippen LogP contribution is 2.11. The molecule has 16 heavy (non-hydrogen) atoms. The molecule has 2 unspecified atom stereocenters. The van der Waals surface area contributed by atoms with Gasteiger partial charge in [0.2, 0.25) is 10.0 Å². The second-order valence-electron chi connectivity index (χ2n) is 3.38. The van der Waals surface area contributed by atoms with Gasteiger partial charge in [0.05, 0.1) is 19.0 Å². The van der Waals surface area contributed by atoms with Crippen LogP contribution in [0.15, 0.2) is 0 Å². The van der Waals surface area contributed by atoms with Gasteiger partial charge in [-0.1, -0.05) is 0 Å². The minimum Gasteiger partial charge on any atom is -0.395 e. The SMILES string of the molecule is CCOCCS(=O)(=O)NC(C)C(CO)SC. The van der Waals surface area contributed by atoms with Crippen molar-refractivity contribution < 1.29 is 18.3 Å². The van der Waals surface area contributed by atoms with E-state index in [1.54, 1.807) is 6.92 Å². The fraction of sp³-hybridized carbons (Fsp3) is 1.00. The van der Waals surface area contributed by atoms with Crippen LogP contribution in [0.3, 0.4) is 0 Å². The van der Waals surface area contributed by atoms with Crippen LogP contribution in [0.2, 0.25) is 0 Å². The van der Waals surface area contributed by atoms with E-state index in [0.29, 0.717) is 6.61 Å². The molecule has 0 aromatic heterocycles. The Morgan fingerprint density at radius 1 is 1.50 bits per heavy atom. The molecular weight excluding hydrogens is 250 g/mol. The van der Waals surface area contributed by atoms with Gasteiger partial charge in [0.25, 0.3) is 0 Å². The highest BCUT2D eigenvalue weighted by Gasteiger charge is 2.20. The highest BCUT2D eigenvalue weighted by molar-refractivity contribution is 7.99. The first-order chi connectivity index (χ1) is 7.46. The summed E-state index contributed by atoms with van der Waals surface area (Å²) in [4.78, 5) is 0. The number of thioether (sulfide) groups is 1.